The predicted octanol–water partition coefficient (Wildman–Crippen LogP) is 3.47. The first kappa shape index (κ1) is 15.0. The van der Waals surface area contributed by atoms with Crippen LogP contribution in [-0.2, 0) is 4.79 Å². The van der Waals surface area contributed by atoms with Gasteiger partial charge in [0.05, 0.1) is 12.4 Å². The molecule has 1 aliphatic rings. The average Bonchev–Trinajstić information content (AvgIpc) is 3.14. The van der Waals surface area contributed by atoms with Crippen LogP contribution in [0.1, 0.15) is 24.8 Å². The third-order valence-electron chi connectivity index (χ3n) is 3.74. The maximum Gasteiger partial charge on any atom is 0.233 e. The summed E-state index contributed by atoms with van der Waals surface area (Å²) in [6.07, 6.45) is 4.14. The standard InChI is InChI=1S/C17H20N2O2S/c1-3-19-16(20)12-22-17(19)13-8-9-18(11-13)14-6-5-7-15(10-14)21-4-2/h5-11,17H,3-4,12H2,1-2H3. The summed E-state index contributed by atoms with van der Waals surface area (Å²) in [6, 6.07) is 10.1. The Hall–Kier alpha value is -1.88. The number of benzene rings is 1. The van der Waals surface area contributed by atoms with Crippen LogP contribution in [0.5, 0.6) is 5.75 Å². The smallest absolute Gasteiger partial charge is 0.233 e. The van der Waals surface area contributed by atoms with Crippen molar-refractivity contribution in [2.24, 2.45) is 0 Å². The number of aromatic nitrogens is 1. The number of carbonyl (C=O) groups is 1. The van der Waals surface area contributed by atoms with E-state index in [1.807, 2.05) is 43.1 Å². The van der Waals surface area contributed by atoms with E-state index < -0.39 is 0 Å². The highest BCUT2D eigenvalue weighted by atomic mass is 32.2. The fourth-order valence-corrected chi connectivity index (χ4v) is 3.94. The van der Waals surface area contributed by atoms with Gasteiger partial charge in [0.1, 0.15) is 11.1 Å². The van der Waals surface area contributed by atoms with Crippen molar-refractivity contribution in [2.75, 3.05) is 18.9 Å². The fourth-order valence-electron chi connectivity index (χ4n) is 2.69. The Morgan fingerprint density at radius 3 is 2.95 bits per heavy atom. The number of rotatable bonds is 5. The van der Waals surface area contributed by atoms with Crippen molar-refractivity contribution in [3.8, 4) is 11.4 Å². The third kappa shape index (κ3) is 2.86. The second-order valence-electron chi connectivity index (χ2n) is 5.13. The molecule has 2 aromatic rings. The van der Waals surface area contributed by atoms with Gasteiger partial charge in [0, 0.05) is 36.3 Å². The lowest BCUT2D eigenvalue weighted by atomic mass is 10.3. The summed E-state index contributed by atoms with van der Waals surface area (Å²) in [7, 11) is 0. The summed E-state index contributed by atoms with van der Waals surface area (Å²) >= 11 is 1.69. The molecule has 1 amide bonds. The van der Waals surface area contributed by atoms with Crippen molar-refractivity contribution >= 4 is 17.7 Å². The molecule has 1 fully saturated rings. The summed E-state index contributed by atoms with van der Waals surface area (Å²) in [5.74, 6) is 1.67. The highest BCUT2D eigenvalue weighted by molar-refractivity contribution is 8.00. The third-order valence-corrected chi connectivity index (χ3v) is 4.99. The monoisotopic (exact) mass is 316 g/mol. The minimum atomic E-state index is 0.133. The second kappa shape index (κ2) is 6.48. The molecule has 0 saturated carbocycles. The Labute approximate surface area is 135 Å². The van der Waals surface area contributed by atoms with Gasteiger partial charge in [0.2, 0.25) is 5.91 Å². The zero-order chi connectivity index (χ0) is 15.5. The Morgan fingerprint density at radius 1 is 1.32 bits per heavy atom. The molecule has 0 bridgehead atoms. The molecule has 0 radical (unpaired) electrons. The van der Waals surface area contributed by atoms with E-state index in [1.165, 1.54) is 5.56 Å². The predicted molar refractivity (Wildman–Crippen MR) is 89.5 cm³/mol. The van der Waals surface area contributed by atoms with Gasteiger partial charge in [-0.05, 0) is 32.0 Å². The van der Waals surface area contributed by atoms with E-state index in [0.29, 0.717) is 12.4 Å². The molecule has 1 aliphatic heterocycles. The minimum Gasteiger partial charge on any atom is -0.494 e. The number of ether oxygens (including phenoxy) is 1. The summed E-state index contributed by atoms with van der Waals surface area (Å²) in [5, 5.41) is 0.133. The Balaban J connectivity index is 1.85. The minimum absolute atomic E-state index is 0.133. The lowest BCUT2D eigenvalue weighted by molar-refractivity contribution is -0.127. The molecule has 5 heteroatoms. The zero-order valence-electron chi connectivity index (χ0n) is 12.9. The van der Waals surface area contributed by atoms with E-state index in [4.69, 9.17) is 4.74 Å². The molecule has 0 aliphatic carbocycles. The summed E-state index contributed by atoms with van der Waals surface area (Å²) < 4.78 is 7.63. The van der Waals surface area contributed by atoms with Gasteiger partial charge in [-0.2, -0.15) is 0 Å². The van der Waals surface area contributed by atoms with Crippen molar-refractivity contribution < 1.29 is 9.53 Å². The van der Waals surface area contributed by atoms with Crippen molar-refractivity contribution in [3.05, 3.63) is 48.3 Å². The van der Waals surface area contributed by atoms with Gasteiger partial charge in [-0.25, -0.2) is 0 Å². The van der Waals surface area contributed by atoms with Crippen molar-refractivity contribution in [2.45, 2.75) is 19.2 Å². The molecule has 116 valence electrons. The van der Waals surface area contributed by atoms with Crippen LogP contribution in [0.15, 0.2) is 42.7 Å². The second-order valence-corrected chi connectivity index (χ2v) is 6.19. The number of thioether (sulfide) groups is 1. The van der Waals surface area contributed by atoms with E-state index in [9.17, 15) is 4.79 Å². The number of hydrogen-bond donors (Lipinski definition) is 0. The normalized spacial score (nSPS) is 18.0. The zero-order valence-corrected chi connectivity index (χ0v) is 13.7. The first-order valence-electron chi connectivity index (χ1n) is 7.55. The van der Waals surface area contributed by atoms with E-state index in [-0.39, 0.29) is 11.3 Å². The molecule has 22 heavy (non-hydrogen) atoms. The summed E-state index contributed by atoms with van der Waals surface area (Å²) in [4.78, 5) is 13.8. The molecule has 1 saturated heterocycles. The average molecular weight is 316 g/mol. The van der Waals surface area contributed by atoms with Gasteiger partial charge < -0.3 is 14.2 Å². The first-order chi connectivity index (χ1) is 10.7. The van der Waals surface area contributed by atoms with E-state index in [2.05, 4.69) is 22.9 Å². The van der Waals surface area contributed by atoms with E-state index in [1.54, 1.807) is 11.8 Å². The Kier molecular flexibility index (Phi) is 4.43. The fraction of sp³-hybridized carbons (Fsp3) is 0.353. The summed E-state index contributed by atoms with van der Waals surface area (Å²) in [6.45, 7) is 5.42. The van der Waals surface area contributed by atoms with Gasteiger partial charge in [0.15, 0.2) is 0 Å². The molecule has 1 aromatic heterocycles. The van der Waals surface area contributed by atoms with Crippen LogP contribution in [-0.4, -0.2) is 34.3 Å². The van der Waals surface area contributed by atoms with Gasteiger partial charge in [-0.15, -0.1) is 11.8 Å². The van der Waals surface area contributed by atoms with Crippen molar-refractivity contribution in [1.29, 1.82) is 0 Å². The molecule has 1 atom stereocenters. The summed E-state index contributed by atoms with van der Waals surface area (Å²) in [5.41, 5.74) is 2.23. The SMILES string of the molecule is CCOc1cccc(-n2ccc(C3SCC(=O)N3CC)c2)c1. The largest absolute Gasteiger partial charge is 0.494 e. The van der Waals surface area contributed by atoms with Crippen LogP contribution in [0.25, 0.3) is 5.69 Å². The van der Waals surface area contributed by atoms with Gasteiger partial charge in [-0.3, -0.25) is 4.79 Å². The van der Waals surface area contributed by atoms with Crippen LogP contribution >= 0.6 is 11.8 Å². The van der Waals surface area contributed by atoms with Crippen LogP contribution in [0.3, 0.4) is 0 Å². The lowest BCUT2D eigenvalue weighted by Gasteiger charge is -2.21. The van der Waals surface area contributed by atoms with Crippen LogP contribution in [0.2, 0.25) is 0 Å². The van der Waals surface area contributed by atoms with Crippen LogP contribution < -0.4 is 4.74 Å². The highest BCUT2D eigenvalue weighted by Gasteiger charge is 2.31. The Bertz CT molecular complexity index is 668. The van der Waals surface area contributed by atoms with Crippen LogP contribution in [0, 0.1) is 0 Å². The number of hydrogen-bond acceptors (Lipinski definition) is 3. The highest BCUT2D eigenvalue weighted by Crippen LogP contribution is 2.38. The van der Waals surface area contributed by atoms with Crippen LogP contribution in [0.4, 0.5) is 0 Å². The Morgan fingerprint density at radius 2 is 2.18 bits per heavy atom. The quantitative estimate of drug-likeness (QED) is 0.847. The number of amides is 1. The molecule has 0 N–H and O–H groups in total. The maximum absolute atomic E-state index is 11.9. The van der Waals surface area contributed by atoms with Gasteiger partial charge >= 0.3 is 0 Å². The molecule has 2 heterocycles. The van der Waals surface area contributed by atoms with E-state index in [0.717, 1.165) is 18.0 Å². The molecule has 1 aromatic carbocycles. The van der Waals surface area contributed by atoms with Gasteiger partial charge in [-0.1, -0.05) is 6.07 Å². The molecule has 3 rings (SSSR count). The molecular formula is C17H20N2O2S. The maximum atomic E-state index is 11.9. The lowest BCUT2D eigenvalue weighted by Crippen LogP contribution is -2.27. The van der Waals surface area contributed by atoms with Crippen molar-refractivity contribution in [1.82, 2.24) is 9.47 Å². The molecule has 0 spiro atoms. The molecule has 4 nitrogen and oxygen atoms in total. The van der Waals surface area contributed by atoms with Crippen molar-refractivity contribution in [3.63, 3.8) is 0 Å². The van der Waals surface area contributed by atoms with E-state index >= 15 is 0 Å². The number of carbonyl (C=O) groups excluding carboxylic acids is 1. The topological polar surface area (TPSA) is 34.5 Å². The first-order valence-corrected chi connectivity index (χ1v) is 8.60. The van der Waals surface area contributed by atoms with Gasteiger partial charge in [0.25, 0.3) is 0 Å². The molecular weight excluding hydrogens is 296 g/mol. The molecule has 1 unspecified atom stereocenters. The number of nitrogens with zero attached hydrogens (tertiary/aromatic N) is 2.